The first kappa shape index (κ1) is 20.8. The fourth-order valence-electron chi connectivity index (χ4n) is 3.29. The highest BCUT2D eigenvalue weighted by Crippen LogP contribution is 2.22. The minimum Gasteiger partial charge on any atom is -0.365 e. The van der Waals surface area contributed by atoms with Gasteiger partial charge in [-0.2, -0.15) is 4.31 Å². The molecular weight excluding hydrogens is 466 g/mol. The summed E-state index contributed by atoms with van der Waals surface area (Å²) >= 11 is 3.34. The van der Waals surface area contributed by atoms with Gasteiger partial charge in [0.1, 0.15) is 5.82 Å². The summed E-state index contributed by atoms with van der Waals surface area (Å²) in [5.41, 5.74) is 1.17. The van der Waals surface area contributed by atoms with Gasteiger partial charge in [-0.3, -0.25) is 0 Å². The fraction of sp³-hybridized carbons (Fsp3) is 0.238. The van der Waals surface area contributed by atoms with Crippen LogP contribution in [0.5, 0.6) is 0 Å². The Kier molecular flexibility index (Phi) is 6.31. The van der Waals surface area contributed by atoms with E-state index >= 15 is 0 Å². The normalized spacial score (nSPS) is 15.2. The molecule has 0 saturated carbocycles. The summed E-state index contributed by atoms with van der Waals surface area (Å²) < 4.78 is 28.0. The van der Waals surface area contributed by atoms with E-state index in [9.17, 15) is 8.42 Å². The third-order valence-corrected chi connectivity index (χ3v) is 7.42. The first-order valence-electron chi connectivity index (χ1n) is 9.64. The SMILES string of the molecule is O=S(=O)(c1ccc(Br)cc1)N1CCN(c2ccc(NCc3ccccc3)nn2)CC1. The molecule has 0 aliphatic carbocycles. The molecule has 2 heterocycles. The molecule has 1 fully saturated rings. The van der Waals surface area contributed by atoms with Crippen LogP contribution in [-0.4, -0.2) is 49.1 Å². The molecule has 0 unspecified atom stereocenters. The van der Waals surface area contributed by atoms with Crippen LogP contribution >= 0.6 is 15.9 Å². The topological polar surface area (TPSA) is 78.4 Å². The molecular formula is C21H22BrN5O2S. The maximum absolute atomic E-state index is 12.8. The molecule has 4 rings (SSSR count). The third kappa shape index (κ3) is 4.80. The zero-order valence-electron chi connectivity index (χ0n) is 16.3. The van der Waals surface area contributed by atoms with Gasteiger partial charge in [-0.05, 0) is 42.0 Å². The lowest BCUT2D eigenvalue weighted by molar-refractivity contribution is 0.383. The zero-order valence-corrected chi connectivity index (χ0v) is 18.7. The molecule has 7 nitrogen and oxygen atoms in total. The van der Waals surface area contributed by atoms with Crippen molar-refractivity contribution in [1.82, 2.24) is 14.5 Å². The minimum atomic E-state index is -3.49. The molecule has 1 N–H and O–H groups in total. The maximum Gasteiger partial charge on any atom is 0.243 e. The summed E-state index contributed by atoms with van der Waals surface area (Å²) in [7, 11) is -3.49. The van der Waals surface area contributed by atoms with Crippen LogP contribution in [0.1, 0.15) is 5.56 Å². The van der Waals surface area contributed by atoms with Crippen LogP contribution in [0.15, 0.2) is 76.1 Å². The minimum absolute atomic E-state index is 0.313. The van der Waals surface area contributed by atoms with E-state index < -0.39 is 10.0 Å². The van der Waals surface area contributed by atoms with Crippen molar-refractivity contribution in [3.05, 3.63) is 76.8 Å². The molecule has 1 saturated heterocycles. The first-order chi connectivity index (χ1) is 14.5. The van der Waals surface area contributed by atoms with E-state index in [1.165, 1.54) is 9.87 Å². The van der Waals surface area contributed by atoms with Crippen molar-refractivity contribution in [2.45, 2.75) is 11.4 Å². The van der Waals surface area contributed by atoms with Crippen molar-refractivity contribution in [3.8, 4) is 0 Å². The number of halogens is 1. The molecule has 1 aliphatic heterocycles. The van der Waals surface area contributed by atoms with Gasteiger partial charge in [0, 0.05) is 37.2 Å². The van der Waals surface area contributed by atoms with E-state index in [1.807, 2.05) is 30.3 Å². The number of hydrogen-bond acceptors (Lipinski definition) is 6. The number of nitrogens with zero attached hydrogens (tertiary/aromatic N) is 4. The number of piperazine rings is 1. The predicted octanol–water partition coefficient (Wildman–Crippen LogP) is 3.36. The Morgan fingerprint density at radius 3 is 2.20 bits per heavy atom. The molecule has 0 radical (unpaired) electrons. The Morgan fingerprint density at radius 2 is 1.57 bits per heavy atom. The molecule has 156 valence electrons. The summed E-state index contributed by atoms with van der Waals surface area (Å²) in [5, 5.41) is 11.8. The summed E-state index contributed by atoms with van der Waals surface area (Å²) in [6.45, 7) is 2.64. The summed E-state index contributed by atoms with van der Waals surface area (Å²) in [6, 6.07) is 20.6. The smallest absolute Gasteiger partial charge is 0.243 e. The first-order valence-corrected chi connectivity index (χ1v) is 11.9. The van der Waals surface area contributed by atoms with Crippen molar-refractivity contribution in [3.63, 3.8) is 0 Å². The average Bonchev–Trinajstić information content (AvgIpc) is 2.79. The highest BCUT2D eigenvalue weighted by Gasteiger charge is 2.28. The zero-order chi connectivity index (χ0) is 21.0. The Morgan fingerprint density at radius 1 is 0.867 bits per heavy atom. The van der Waals surface area contributed by atoms with Crippen LogP contribution in [0.3, 0.4) is 0 Å². The molecule has 0 bridgehead atoms. The molecule has 30 heavy (non-hydrogen) atoms. The number of nitrogens with one attached hydrogen (secondary N) is 1. The van der Waals surface area contributed by atoms with Gasteiger partial charge in [0.2, 0.25) is 10.0 Å². The van der Waals surface area contributed by atoms with Crippen molar-refractivity contribution in [2.75, 3.05) is 36.4 Å². The Balaban J connectivity index is 1.34. The number of benzene rings is 2. The molecule has 2 aromatic carbocycles. The second-order valence-electron chi connectivity index (χ2n) is 6.96. The standard InChI is InChI=1S/C21H22BrN5O2S/c22-18-6-8-19(9-7-18)30(28,29)27-14-12-26(13-15-27)21-11-10-20(24-25-21)23-16-17-4-2-1-3-5-17/h1-11H,12-16H2,(H,23,24). The quantitative estimate of drug-likeness (QED) is 0.574. The van der Waals surface area contributed by atoms with Gasteiger partial charge in [0.15, 0.2) is 5.82 Å². The Bertz CT molecular complexity index is 1070. The van der Waals surface area contributed by atoms with Crippen LogP contribution in [0, 0.1) is 0 Å². The van der Waals surface area contributed by atoms with Crippen LogP contribution in [0.25, 0.3) is 0 Å². The van der Waals surface area contributed by atoms with Crippen LogP contribution in [0.2, 0.25) is 0 Å². The van der Waals surface area contributed by atoms with Crippen molar-refractivity contribution in [2.24, 2.45) is 0 Å². The van der Waals surface area contributed by atoms with Gasteiger partial charge in [0.25, 0.3) is 0 Å². The van der Waals surface area contributed by atoms with Crippen LogP contribution in [0.4, 0.5) is 11.6 Å². The molecule has 1 aliphatic rings. The van der Waals surface area contributed by atoms with E-state index in [-0.39, 0.29) is 0 Å². The maximum atomic E-state index is 12.8. The van der Waals surface area contributed by atoms with Crippen molar-refractivity contribution >= 4 is 37.6 Å². The van der Waals surface area contributed by atoms with Gasteiger partial charge < -0.3 is 10.2 Å². The van der Waals surface area contributed by atoms with E-state index in [0.717, 1.165) is 10.3 Å². The van der Waals surface area contributed by atoms with E-state index in [2.05, 4.69) is 48.5 Å². The van der Waals surface area contributed by atoms with Crippen molar-refractivity contribution in [1.29, 1.82) is 0 Å². The van der Waals surface area contributed by atoms with Crippen LogP contribution < -0.4 is 10.2 Å². The third-order valence-electron chi connectivity index (χ3n) is 4.98. The fourth-order valence-corrected chi connectivity index (χ4v) is 4.98. The molecule has 3 aromatic rings. The lowest BCUT2D eigenvalue weighted by Crippen LogP contribution is -2.49. The number of aromatic nitrogens is 2. The summed E-state index contributed by atoms with van der Waals surface area (Å²) in [6.07, 6.45) is 0. The van der Waals surface area contributed by atoms with Gasteiger partial charge in [-0.15, -0.1) is 10.2 Å². The second-order valence-corrected chi connectivity index (χ2v) is 9.81. The number of rotatable bonds is 6. The number of sulfonamides is 1. The predicted molar refractivity (Wildman–Crippen MR) is 121 cm³/mol. The monoisotopic (exact) mass is 487 g/mol. The second kappa shape index (κ2) is 9.11. The van der Waals surface area contributed by atoms with Crippen molar-refractivity contribution < 1.29 is 8.42 Å². The van der Waals surface area contributed by atoms with Gasteiger partial charge in [-0.1, -0.05) is 46.3 Å². The van der Waals surface area contributed by atoms with Gasteiger partial charge in [0.05, 0.1) is 4.90 Å². The van der Waals surface area contributed by atoms with E-state index in [1.54, 1.807) is 24.3 Å². The summed E-state index contributed by atoms with van der Waals surface area (Å²) in [4.78, 5) is 2.37. The van der Waals surface area contributed by atoms with Gasteiger partial charge >= 0.3 is 0 Å². The Hall–Kier alpha value is -2.49. The lowest BCUT2D eigenvalue weighted by Gasteiger charge is -2.34. The average molecular weight is 488 g/mol. The van der Waals surface area contributed by atoms with Crippen LogP contribution in [-0.2, 0) is 16.6 Å². The molecule has 0 spiro atoms. The number of anilines is 2. The Labute approximate surface area is 184 Å². The van der Waals surface area contributed by atoms with E-state index in [0.29, 0.717) is 43.4 Å². The molecule has 9 heteroatoms. The highest BCUT2D eigenvalue weighted by molar-refractivity contribution is 9.10. The number of hydrogen-bond donors (Lipinski definition) is 1. The van der Waals surface area contributed by atoms with E-state index in [4.69, 9.17) is 0 Å². The van der Waals surface area contributed by atoms with Gasteiger partial charge in [-0.25, -0.2) is 8.42 Å². The molecule has 1 aromatic heterocycles. The highest BCUT2D eigenvalue weighted by atomic mass is 79.9. The summed E-state index contributed by atoms with van der Waals surface area (Å²) in [5.74, 6) is 1.46. The lowest BCUT2D eigenvalue weighted by atomic mass is 10.2. The molecule has 0 amide bonds. The largest absolute Gasteiger partial charge is 0.365 e. The molecule has 0 atom stereocenters.